The number of hydrogen-bond donors (Lipinski definition) is 0. The van der Waals surface area contributed by atoms with Gasteiger partial charge in [-0.25, -0.2) is 15.0 Å². The number of aromatic nitrogens is 3. The lowest BCUT2D eigenvalue weighted by Gasteiger charge is -2.14. The summed E-state index contributed by atoms with van der Waals surface area (Å²) in [4.78, 5) is 15.1. The largest absolute Gasteiger partial charge is 0.456 e. The highest BCUT2D eigenvalue weighted by Gasteiger charge is 2.18. The van der Waals surface area contributed by atoms with Gasteiger partial charge in [-0.1, -0.05) is 158 Å². The second-order valence-corrected chi connectivity index (χ2v) is 14.6. The highest BCUT2D eigenvalue weighted by atomic mass is 16.3. The second-order valence-electron chi connectivity index (χ2n) is 14.6. The fourth-order valence-electron chi connectivity index (χ4n) is 8.31. The highest BCUT2D eigenvalue weighted by molar-refractivity contribution is 6.13. The highest BCUT2D eigenvalue weighted by Crippen LogP contribution is 2.40. The van der Waals surface area contributed by atoms with Crippen LogP contribution in [0.5, 0.6) is 0 Å². The Labute approximate surface area is 330 Å². The Balaban J connectivity index is 0.967. The predicted molar refractivity (Wildman–Crippen MR) is 236 cm³/mol. The summed E-state index contributed by atoms with van der Waals surface area (Å²) in [5, 5.41) is 6.96. The van der Waals surface area contributed by atoms with Crippen LogP contribution in [0.4, 0.5) is 0 Å². The van der Waals surface area contributed by atoms with E-state index in [1.54, 1.807) is 0 Å². The molecule has 0 unspecified atom stereocenters. The van der Waals surface area contributed by atoms with Crippen molar-refractivity contribution in [1.82, 2.24) is 15.0 Å². The normalized spacial score (nSPS) is 12.8. The SMILES string of the molecule is C1=CC(c2nc(-c3ccccc3)nc(-c3ccc(-c4ccc(-c5cccc6oc7cc(-c8ccc9ccccc9c8)ccc7c56)cc4)c4ccccc34)n2)=CCC1. The number of allylic oxidation sites excluding steroid dienone is 4. The van der Waals surface area contributed by atoms with E-state index in [0.29, 0.717) is 17.5 Å². The number of hydrogen-bond acceptors (Lipinski definition) is 4. The first kappa shape index (κ1) is 33.0. The summed E-state index contributed by atoms with van der Waals surface area (Å²) >= 11 is 0. The molecule has 8 aromatic carbocycles. The molecule has 0 amide bonds. The number of benzene rings is 8. The van der Waals surface area contributed by atoms with Crippen LogP contribution in [-0.4, -0.2) is 15.0 Å². The van der Waals surface area contributed by atoms with Crippen molar-refractivity contribution in [3.8, 4) is 56.2 Å². The molecule has 1 aliphatic carbocycles. The van der Waals surface area contributed by atoms with E-state index in [9.17, 15) is 0 Å². The Morgan fingerprint density at radius 2 is 1.05 bits per heavy atom. The molecule has 1 aliphatic rings. The molecule has 0 atom stereocenters. The molecule has 0 fully saturated rings. The molecule has 0 aliphatic heterocycles. The van der Waals surface area contributed by atoms with E-state index in [1.807, 2.05) is 18.2 Å². The van der Waals surface area contributed by atoms with Crippen molar-refractivity contribution in [1.29, 1.82) is 0 Å². The minimum atomic E-state index is 0.668. The van der Waals surface area contributed by atoms with Crippen LogP contribution in [0.2, 0.25) is 0 Å². The third-order valence-electron chi connectivity index (χ3n) is 11.2. The van der Waals surface area contributed by atoms with Gasteiger partial charge in [0.2, 0.25) is 0 Å². The van der Waals surface area contributed by atoms with Crippen molar-refractivity contribution >= 4 is 49.1 Å². The molecule has 268 valence electrons. The quantitative estimate of drug-likeness (QED) is 0.171. The molecule has 11 rings (SSSR count). The zero-order valence-corrected chi connectivity index (χ0v) is 31.1. The van der Waals surface area contributed by atoms with Crippen molar-refractivity contribution in [2.45, 2.75) is 12.8 Å². The maximum atomic E-state index is 6.51. The van der Waals surface area contributed by atoms with Gasteiger partial charge in [0.25, 0.3) is 0 Å². The van der Waals surface area contributed by atoms with Crippen molar-refractivity contribution in [3.05, 3.63) is 194 Å². The average molecular weight is 730 g/mol. The Bertz CT molecular complexity index is 3230. The molecule has 4 heteroatoms. The van der Waals surface area contributed by atoms with E-state index < -0.39 is 0 Å². The number of nitrogens with zero attached hydrogens (tertiary/aromatic N) is 3. The molecular weight excluding hydrogens is 695 g/mol. The van der Waals surface area contributed by atoms with Crippen LogP contribution >= 0.6 is 0 Å². The van der Waals surface area contributed by atoms with Crippen molar-refractivity contribution in [3.63, 3.8) is 0 Å². The van der Waals surface area contributed by atoms with Crippen molar-refractivity contribution in [2.24, 2.45) is 0 Å². The Morgan fingerprint density at radius 1 is 0.386 bits per heavy atom. The Morgan fingerprint density at radius 3 is 1.88 bits per heavy atom. The summed E-state index contributed by atoms with van der Waals surface area (Å²) in [6.45, 7) is 0. The lowest BCUT2D eigenvalue weighted by atomic mass is 9.92. The van der Waals surface area contributed by atoms with Gasteiger partial charge in [0.15, 0.2) is 17.5 Å². The van der Waals surface area contributed by atoms with E-state index in [1.165, 1.54) is 16.3 Å². The Hall–Kier alpha value is -7.43. The third-order valence-corrected chi connectivity index (χ3v) is 11.2. The minimum absolute atomic E-state index is 0.668. The van der Waals surface area contributed by atoms with Gasteiger partial charge >= 0.3 is 0 Å². The van der Waals surface area contributed by atoms with Gasteiger partial charge in [-0.15, -0.1) is 0 Å². The van der Waals surface area contributed by atoms with Gasteiger partial charge in [0.1, 0.15) is 11.2 Å². The van der Waals surface area contributed by atoms with Crippen LogP contribution in [0.25, 0.3) is 105 Å². The van der Waals surface area contributed by atoms with E-state index in [0.717, 1.165) is 90.1 Å². The maximum Gasteiger partial charge on any atom is 0.164 e. The van der Waals surface area contributed by atoms with Gasteiger partial charge in [0, 0.05) is 27.5 Å². The predicted octanol–water partition coefficient (Wildman–Crippen LogP) is 14.1. The van der Waals surface area contributed by atoms with Crippen LogP contribution < -0.4 is 0 Å². The summed E-state index contributed by atoms with van der Waals surface area (Å²) in [5.74, 6) is 2.04. The van der Waals surface area contributed by atoms with Gasteiger partial charge in [-0.05, 0) is 98.1 Å². The standard InChI is InChI=1S/C53H35N3O/c1-3-13-37(14-4-1)51-54-52(38-15-5-2-6-16-38)56-53(55-51)46-31-30-42(44-18-9-10-19-45(44)46)35-23-25-36(26-24-35)43-20-11-21-48-50(43)47-29-28-41(33-49(47)57-48)40-27-22-34-12-7-8-17-39(34)32-40/h1,3-5,7-33H,2,6H2. The summed E-state index contributed by atoms with van der Waals surface area (Å²) in [7, 11) is 0. The molecule has 0 saturated carbocycles. The number of furan rings is 1. The molecule has 0 bridgehead atoms. The summed E-state index contributed by atoms with van der Waals surface area (Å²) in [6, 6.07) is 60.0. The summed E-state index contributed by atoms with van der Waals surface area (Å²) in [5.41, 5.74) is 11.7. The summed E-state index contributed by atoms with van der Waals surface area (Å²) < 4.78 is 6.51. The van der Waals surface area contributed by atoms with Crippen LogP contribution in [-0.2, 0) is 0 Å². The first-order chi connectivity index (χ1) is 28.2. The molecule has 4 nitrogen and oxygen atoms in total. The molecule has 2 aromatic heterocycles. The van der Waals surface area contributed by atoms with Gasteiger partial charge in [-0.2, -0.15) is 0 Å². The summed E-state index contributed by atoms with van der Waals surface area (Å²) in [6.07, 6.45) is 8.55. The lowest BCUT2D eigenvalue weighted by Crippen LogP contribution is -2.03. The molecule has 0 spiro atoms. The molecule has 57 heavy (non-hydrogen) atoms. The zero-order valence-electron chi connectivity index (χ0n) is 31.1. The lowest BCUT2D eigenvalue weighted by molar-refractivity contribution is 0.669. The molecule has 0 saturated heterocycles. The zero-order chi connectivity index (χ0) is 37.7. The molecular formula is C53H35N3O. The molecule has 0 radical (unpaired) electrons. The molecule has 2 heterocycles. The average Bonchev–Trinajstić information content (AvgIpc) is 3.67. The number of fused-ring (bicyclic) bond motifs is 5. The molecule has 10 aromatic rings. The van der Waals surface area contributed by atoms with E-state index in [4.69, 9.17) is 19.4 Å². The van der Waals surface area contributed by atoms with Crippen LogP contribution in [0.15, 0.2) is 193 Å². The van der Waals surface area contributed by atoms with Gasteiger partial charge < -0.3 is 4.42 Å². The fourth-order valence-corrected chi connectivity index (χ4v) is 8.31. The van der Waals surface area contributed by atoms with E-state index in [2.05, 4.69) is 170 Å². The third kappa shape index (κ3) is 5.90. The maximum absolute atomic E-state index is 6.51. The van der Waals surface area contributed by atoms with Crippen LogP contribution in [0, 0.1) is 0 Å². The van der Waals surface area contributed by atoms with Crippen molar-refractivity contribution in [2.75, 3.05) is 0 Å². The van der Waals surface area contributed by atoms with Gasteiger partial charge in [0.05, 0.1) is 0 Å². The monoisotopic (exact) mass is 729 g/mol. The van der Waals surface area contributed by atoms with E-state index in [-0.39, 0.29) is 0 Å². The second kappa shape index (κ2) is 13.7. The topological polar surface area (TPSA) is 51.8 Å². The van der Waals surface area contributed by atoms with Crippen molar-refractivity contribution < 1.29 is 4.42 Å². The Kier molecular flexibility index (Phi) is 7.92. The van der Waals surface area contributed by atoms with Crippen LogP contribution in [0.3, 0.4) is 0 Å². The van der Waals surface area contributed by atoms with Crippen LogP contribution in [0.1, 0.15) is 18.7 Å². The minimum Gasteiger partial charge on any atom is -0.456 e. The number of rotatable bonds is 6. The first-order valence-corrected chi connectivity index (χ1v) is 19.5. The van der Waals surface area contributed by atoms with E-state index >= 15 is 0 Å². The molecule has 0 N–H and O–H groups in total. The fraction of sp³-hybridized carbons (Fsp3) is 0.0377. The van der Waals surface area contributed by atoms with Gasteiger partial charge in [-0.3, -0.25) is 0 Å². The smallest absolute Gasteiger partial charge is 0.164 e. The first-order valence-electron chi connectivity index (χ1n) is 19.5.